The Morgan fingerprint density at radius 3 is 2.56 bits per heavy atom. The van der Waals surface area contributed by atoms with Crippen molar-refractivity contribution < 1.29 is 9.18 Å². The lowest BCUT2D eigenvalue weighted by atomic mass is 10.1. The first kappa shape index (κ1) is 10.3. The molecule has 2 N–H and O–H groups in total. The molecular formula is C12H9FN2O. The van der Waals surface area contributed by atoms with Crippen molar-refractivity contribution in [2.45, 2.75) is 0 Å². The van der Waals surface area contributed by atoms with E-state index in [0.29, 0.717) is 11.1 Å². The van der Waals surface area contributed by atoms with Crippen LogP contribution in [0.3, 0.4) is 0 Å². The number of hydrogen-bond donors (Lipinski definition) is 1. The minimum absolute atomic E-state index is 0.264. The van der Waals surface area contributed by atoms with E-state index in [1.807, 2.05) is 0 Å². The fourth-order valence-electron chi connectivity index (χ4n) is 1.42. The molecular weight excluding hydrogens is 207 g/mol. The first-order valence-corrected chi connectivity index (χ1v) is 4.67. The molecule has 0 aliphatic rings. The van der Waals surface area contributed by atoms with Gasteiger partial charge in [0.25, 0.3) is 0 Å². The number of nitrogens with zero attached hydrogens (tertiary/aromatic N) is 1. The molecule has 0 aliphatic heterocycles. The Morgan fingerprint density at radius 1 is 1.25 bits per heavy atom. The Morgan fingerprint density at radius 2 is 1.94 bits per heavy atom. The summed E-state index contributed by atoms with van der Waals surface area (Å²) in [7, 11) is 0. The monoisotopic (exact) mass is 216 g/mol. The molecule has 0 radical (unpaired) electrons. The number of carbonyl (C=O) groups is 1. The maximum Gasteiger partial charge on any atom is 0.150 e. The van der Waals surface area contributed by atoms with E-state index in [-0.39, 0.29) is 5.82 Å². The van der Waals surface area contributed by atoms with Gasteiger partial charge >= 0.3 is 0 Å². The number of nitrogen functional groups attached to an aromatic ring is 1. The standard InChI is InChI=1S/C12H9FN2O/c13-10-5-11(12(14)15-6-10)9-3-1-8(7-16)2-4-9/h1-7H,(H2,14,15). The number of anilines is 1. The summed E-state index contributed by atoms with van der Waals surface area (Å²) in [4.78, 5) is 14.2. The smallest absolute Gasteiger partial charge is 0.150 e. The van der Waals surface area contributed by atoms with E-state index in [1.54, 1.807) is 24.3 Å². The Balaban J connectivity index is 2.49. The first-order chi connectivity index (χ1) is 7.70. The third-order valence-electron chi connectivity index (χ3n) is 2.24. The Hall–Kier alpha value is -2.23. The SMILES string of the molecule is Nc1ncc(F)cc1-c1ccc(C=O)cc1. The molecule has 0 spiro atoms. The minimum atomic E-state index is -0.441. The fraction of sp³-hybridized carbons (Fsp3) is 0. The highest BCUT2D eigenvalue weighted by atomic mass is 19.1. The highest BCUT2D eigenvalue weighted by Gasteiger charge is 2.05. The van der Waals surface area contributed by atoms with Crippen molar-refractivity contribution >= 4 is 12.1 Å². The van der Waals surface area contributed by atoms with Crippen LogP contribution in [0.4, 0.5) is 10.2 Å². The zero-order valence-corrected chi connectivity index (χ0v) is 8.35. The molecule has 0 unspecified atom stereocenters. The third-order valence-corrected chi connectivity index (χ3v) is 2.24. The number of aromatic nitrogens is 1. The molecule has 0 fully saturated rings. The summed E-state index contributed by atoms with van der Waals surface area (Å²) in [6, 6.07) is 8.02. The molecule has 0 amide bonds. The van der Waals surface area contributed by atoms with Crippen LogP contribution < -0.4 is 5.73 Å². The third kappa shape index (κ3) is 1.91. The Labute approximate surface area is 91.7 Å². The van der Waals surface area contributed by atoms with Crippen molar-refractivity contribution in [3.63, 3.8) is 0 Å². The molecule has 0 bridgehead atoms. The van der Waals surface area contributed by atoms with Crippen LogP contribution in [0.25, 0.3) is 11.1 Å². The highest BCUT2D eigenvalue weighted by molar-refractivity contribution is 5.79. The van der Waals surface area contributed by atoms with Crippen LogP contribution in [0, 0.1) is 5.82 Å². The van der Waals surface area contributed by atoms with E-state index < -0.39 is 5.82 Å². The van der Waals surface area contributed by atoms with Crippen LogP contribution in [0.15, 0.2) is 36.5 Å². The zero-order valence-electron chi connectivity index (χ0n) is 8.35. The van der Waals surface area contributed by atoms with Gasteiger partial charge in [0, 0.05) is 11.1 Å². The normalized spacial score (nSPS) is 10.1. The lowest BCUT2D eigenvalue weighted by Gasteiger charge is -2.04. The molecule has 16 heavy (non-hydrogen) atoms. The van der Waals surface area contributed by atoms with Crippen molar-refractivity contribution in [2.75, 3.05) is 5.73 Å². The number of nitrogens with two attached hydrogens (primary N) is 1. The van der Waals surface area contributed by atoms with Crippen molar-refractivity contribution in [3.05, 3.63) is 47.9 Å². The van der Waals surface area contributed by atoms with Gasteiger partial charge in [0.2, 0.25) is 0 Å². The van der Waals surface area contributed by atoms with Crippen LogP contribution in [0.2, 0.25) is 0 Å². The zero-order chi connectivity index (χ0) is 11.5. The Bertz CT molecular complexity index is 523. The summed E-state index contributed by atoms with van der Waals surface area (Å²) in [5.74, 6) is -0.177. The number of pyridine rings is 1. The molecule has 2 rings (SSSR count). The molecule has 0 saturated heterocycles. The van der Waals surface area contributed by atoms with Crippen LogP contribution >= 0.6 is 0 Å². The molecule has 0 saturated carbocycles. The second-order valence-corrected chi connectivity index (χ2v) is 3.33. The average molecular weight is 216 g/mol. The number of rotatable bonds is 2. The van der Waals surface area contributed by atoms with Crippen LogP contribution in [-0.4, -0.2) is 11.3 Å². The molecule has 1 aromatic heterocycles. The summed E-state index contributed by atoms with van der Waals surface area (Å²) < 4.78 is 13.0. The summed E-state index contributed by atoms with van der Waals surface area (Å²) in [6.07, 6.45) is 1.82. The maximum atomic E-state index is 13.0. The molecule has 1 heterocycles. The molecule has 80 valence electrons. The van der Waals surface area contributed by atoms with Gasteiger partial charge in [0.15, 0.2) is 0 Å². The van der Waals surface area contributed by atoms with Crippen molar-refractivity contribution in [1.82, 2.24) is 4.98 Å². The summed E-state index contributed by atoms with van der Waals surface area (Å²) >= 11 is 0. The van der Waals surface area contributed by atoms with E-state index >= 15 is 0 Å². The lowest BCUT2D eigenvalue weighted by Crippen LogP contribution is -1.95. The van der Waals surface area contributed by atoms with Crippen LogP contribution in [0.1, 0.15) is 10.4 Å². The van der Waals surface area contributed by atoms with Crippen molar-refractivity contribution in [1.29, 1.82) is 0 Å². The second kappa shape index (κ2) is 4.10. The quantitative estimate of drug-likeness (QED) is 0.783. The van der Waals surface area contributed by atoms with Crippen molar-refractivity contribution in [3.8, 4) is 11.1 Å². The maximum absolute atomic E-state index is 13.0. The highest BCUT2D eigenvalue weighted by Crippen LogP contribution is 2.24. The second-order valence-electron chi connectivity index (χ2n) is 3.33. The molecule has 2 aromatic rings. The van der Waals surface area contributed by atoms with E-state index in [0.717, 1.165) is 18.0 Å². The van der Waals surface area contributed by atoms with Gasteiger partial charge in [-0.25, -0.2) is 9.37 Å². The first-order valence-electron chi connectivity index (χ1n) is 4.67. The summed E-state index contributed by atoms with van der Waals surface area (Å²) in [6.45, 7) is 0. The fourth-order valence-corrected chi connectivity index (χ4v) is 1.42. The van der Waals surface area contributed by atoms with E-state index in [1.165, 1.54) is 6.07 Å². The van der Waals surface area contributed by atoms with Crippen LogP contribution in [-0.2, 0) is 0 Å². The number of aldehydes is 1. The van der Waals surface area contributed by atoms with Gasteiger partial charge in [0.05, 0.1) is 6.20 Å². The largest absolute Gasteiger partial charge is 0.383 e. The molecule has 0 atom stereocenters. The number of benzene rings is 1. The number of hydrogen-bond acceptors (Lipinski definition) is 3. The number of halogens is 1. The average Bonchev–Trinajstić information content (AvgIpc) is 2.32. The molecule has 4 heteroatoms. The van der Waals surface area contributed by atoms with Gasteiger partial charge in [-0.1, -0.05) is 24.3 Å². The van der Waals surface area contributed by atoms with Crippen molar-refractivity contribution in [2.24, 2.45) is 0 Å². The van der Waals surface area contributed by atoms with E-state index in [4.69, 9.17) is 5.73 Å². The van der Waals surface area contributed by atoms with E-state index in [9.17, 15) is 9.18 Å². The molecule has 0 aliphatic carbocycles. The van der Waals surface area contributed by atoms with E-state index in [2.05, 4.69) is 4.98 Å². The summed E-state index contributed by atoms with van der Waals surface area (Å²) in [5.41, 5.74) is 7.46. The van der Waals surface area contributed by atoms with Crippen LogP contribution in [0.5, 0.6) is 0 Å². The topological polar surface area (TPSA) is 56.0 Å². The van der Waals surface area contributed by atoms with Gasteiger partial charge in [0.1, 0.15) is 17.9 Å². The van der Waals surface area contributed by atoms with Gasteiger partial charge in [-0.2, -0.15) is 0 Å². The van der Waals surface area contributed by atoms with Gasteiger partial charge < -0.3 is 5.73 Å². The Kier molecular flexibility index (Phi) is 2.64. The lowest BCUT2D eigenvalue weighted by molar-refractivity contribution is 0.112. The minimum Gasteiger partial charge on any atom is -0.383 e. The predicted molar refractivity (Wildman–Crippen MR) is 59.4 cm³/mol. The van der Waals surface area contributed by atoms with Gasteiger partial charge in [-0.3, -0.25) is 4.79 Å². The molecule has 1 aromatic carbocycles. The van der Waals surface area contributed by atoms with Gasteiger partial charge in [-0.15, -0.1) is 0 Å². The number of carbonyl (C=O) groups excluding carboxylic acids is 1. The summed E-state index contributed by atoms with van der Waals surface area (Å²) in [5, 5.41) is 0. The van der Waals surface area contributed by atoms with Gasteiger partial charge in [-0.05, 0) is 11.6 Å². The molecule has 3 nitrogen and oxygen atoms in total. The predicted octanol–water partition coefficient (Wildman–Crippen LogP) is 2.28.